The SMILES string of the molecule is CCC(CC)(CN)OC(=O)Nc1cn2ncc(C#N)c(Nc3ccc(Oc4ccccc4)cc3)c2c1C. The van der Waals surface area contributed by atoms with E-state index in [-0.39, 0.29) is 6.54 Å². The second-order valence-corrected chi connectivity index (χ2v) is 8.68. The van der Waals surface area contributed by atoms with Gasteiger partial charge >= 0.3 is 6.09 Å². The maximum Gasteiger partial charge on any atom is 0.412 e. The Balaban J connectivity index is 1.60. The lowest BCUT2D eigenvalue weighted by molar-refractivity contribution is 0.0200. The molecule has 9 heteroatoms. The van der Waals surface area contributed by atoms with E-state index in [1.54, 1.807) is 10.7 Å². The number of nitrogens with two attached hydrogens (primary N) is 1. The first-order valence-corrected chi connectivity index (χ1v) is 12.1. The number of amides is 1. The first-order chi connectivity index (χ1) is 17.9. The van der Waals surface area contributed by atoms with Gasteiger partial charge in [0.2, 0.25) is 0 Å². The van der Waals surface area contributed by atoms with E-state index in [0.29, 0.717) is 41.0 Å². The number of aryl methyl sites for hydroxylation is 1. The van der Waals surface area contributed by atoms with Gasteiger partial charge in [-0.2, -0.15) is 10.4 Å². The molecule has 4 aromatic rings. The first kappa shape index (κ1) is 25.5. The summed E-state index contributed by atoms with van der Waals surface area (Å²) in [5.74, 6) is 1.43. The molecule has 0 saturated carbocycles. The van der Waals surface area contributed by atoms with Crippen molar-refractivity contribution in [2.24, 2.45) is 5.73 Å². The number of hydrogen-bond acceptors (Lipinski definition) is 7. The van der Waals surface area contributed by atoms with Gasteiger partial charge < -0.3 is 20.5 Å². The topological polar surface area (TPSA) is 127 Å². The van der Waals surface area contributed by atoms with E-state index in [1.165, 1.54) is 6.20 Å². The molecule has 0 atom stereocenters. The van der Waals surface area contributed by atoms with Gasteiger partial charge in [-0.05, 0) is 56.2 Å². The maximum absolute atomic E-state index is 12.7. The van der Waals surface area contributed by atoms with Gasteiger partial charge in [-0.25, -0.2) is 9.31 Å². The van der Waals surface area contributed by atoms with Crippen molar-refractivity contribution in [3.8, 4) is 17.6 Å². The number of nitriles is 1. The zero-order chi connectivity index (χ0) is 26.4. The smallest absolute Gasteiger partial charge is 0.412 e. The second kappa shape index (κ2) is 11.0. The number of para-hydroxylation sites is 1. The Labute approximate surface area is 215 Å². The fourth-order valence-corrected chi connectivity index (χ4v) is 4.06. The lowest BCUT2D eigenvalue weighted by Gasteiger charge is -2.29. The van der Waals surface area contributed by atoms with Gasteiger partial charge in [0.25, 0.3) is 0 Å². The van der Waals surface area contributed by atoms with Crippen LogP contribution in [0.1, 0.15) is 37.8 Å². The molecule has 0 saturated heterocycles. The minimum atomic E-state index is -0.716. The quantitative estimate of drug-likeness (QED) is 0.254. The molecule has 4 N–H and O–H groups in total. The molecule has 9 nitrogen and oxygen atoms in total. The minimum absolute atomic E-state index is 0.237. The number of rotatable bonds is 9. The molecular weight excluding hydrogens is 468 g/mol. The van der Waals surface area contributed by atoms with Crippen LogP contribution in [0.5, 0.6) is 11.5 Å². The lowest BCUT2D eigenvalue weighted by atomic mass is 9.98. The standard InChI is InChI=1S/C28H30N6O3/c1-4-28(5-2,18-30)37-27(35)33-24-17-34-26(19(24)3)25(20(15-29)16-31-34)32-21-11-13-23(14-12-21)36-22-9-7-6-8-10-22/h6-14,16-17,32H,4-5,18,30H2,1-3H3,(H,33,35). The number of fused-ring (bicyclic) bond motifs is 1. The highest BCUT2D eigenvalue weighted by atomic mass is 16.6. The highest BCUT2D eigenvalue weighted by Gasteiger charge is 2.29. The molecule has 2 heterocycles. The fourth-order valence-electron chi connectivity index (χ4n) is 4.06. The molecule has 0 bridgehead atoms. The molecule has 1 amide bonds. The Morgan fingerprint density at radius 2 is 1.78 bits per heavy atom. The molecule has 37 heavy (non-hydrogen) atoms. The Morgan fingerprint density at radius 1 is 1.11 bits per heavy atom. The van der Waals surface area contributed by atoms with Gasteiger partial charge in [0.1, 0.15) is 23.2 Å². The van der Waals surface area contributed by atoms with Crippen molar-refractivity contribution < 1.29 is 14.3 Å². The van der Waals surface area contributed by atoms with Crippen LogP contribution in [-0.2, 0) is 4.74 Å². The van der Waals surface area contributed by atoms with Crippen molar-refractivity contribution in [3.05, 3.63) is 78.1 Å². The van der Waals surface area contributed by atoms with Crippen molar-refractivity contribution >= 4 is 28.7 Å². The van der Waals surface area contributed by atoms with E-state index in [0.717, 1.165) is 17.0 Å². The summed E-state index contributed by atoms with van der Waals surface area (Å²) in [5, 5.41) is 20.2. The molecule has 0 fully saturated rings. The third-order valence-electron chi connectivity index (χ3n) is 6.49. The average Bonchev–Trinajstić information content (AvgIpc) is 3.24. The Kier molecular flexibility index (Phi) is 7.60. The van der Waals surface area contributed by atoms with Crippen molar-refractivity contribution in [2.75, 3.05) is 17.2 Å². The van der Waals surface area contributed by atoms with Crippen LogP contribution in [0.2, 0.25) is 0 Å². The van der Waals surface area contributed by atoms with Crippen LogP contribution in [0.3, 0.4) is 0 Å². The summed E-state index contributed by atoms with van der Waals surface area (Å²) in [5.41, 5.74) is 8.78. The number of ether oxygens (including phenoxy) is 2. The average molecular weight is 499 g/mol. The van der Waals surface area contributed by atoms with Crippen molar-refractivity contribution in [1.29, 1.82) is 5.26 Å². The number of nitrogens with one attached hydrogen (secondary N) is 2. The van der Waals surface area contributed by atoms with Gasteiger partial charge in [-0.3, -0.25) is 5.32 Å². The molecular formula is C28H30N6O3. The third-order valence-corrected chi connectivity index (χ3v) is 6.49. The third kappa shape index (κ3) is 5.50. The van der Waals surface area contributed by atoms with E-state index >= 15 is 0 Å². The monoisotopic (exact) mass is 498 g/mol. The van der Waals surface area contributed by atoms with Crippen molar-refractivity contribution in [2.45, 2.75) is 39.2 Å². The number of hydrogen-bond donors (Lipinski definition) is 3. The molecule has 2 aromatic heterocycles. The molecule has 0 aliphatic heterocycles. The van der Waals surface area contributed by atoms with Crippen LogP contribution < -0.4 is 21.1 Å². The Hall–Kier alpha value is -4.55. The molecule has 0 spiro atoms. The highest BCUT2D eigenvalue weighted by Crippen LogP contribution is 2.33. The molecule has 4 rings (SSSR count). The Bertz CT molecular complexity index is 1410. The summed E-state index contributed by atoms with van der Waals surface area (Å²) in [4.78, 5) is 12.7. The van der Waals surface area contributed by atoms with Crippen LogP contribution in [-0.4, -0.2) is 27.9 Å². The predicted molar refractivity (Wildman–Crippen MR) is 143 cm³/mol. The van der Waals surface area contributed by atoms with Gasteiger partial charge in [0.15, 0.2) is 0 Å². The molecule has 2 aromatic carbocycles. The largest absolute Gasteiger partial charge is 0.457 e. The van der Waals surface area contributed by atoms with E-state index in [4.69, 9.17) is 15.2 Å². The highest BCUT2D eigenvalue weighted by molar-refractivity contribution is 5.93. The van der Waals surface area contributed by atoms with Crippen LogP contribution in [0.4, 0.5) is 21.9 Å². The summed E-state index contributed by atoms with van der Waals surface area (Å²) in [6.07, 6.45) is 3.81. The number of carbonyl (C=O) groups excluding carboxylic acids is 1. The molecule has 0 radical (unpaired) electrons. The predicted octanol–water partition coefficient (Wildman–Crippen LogP) is 6.12. The zero-order valence-corrected chi connectivity index (χ0v) is 21.1. The Morgan fingerprint density at radius 3 is 2.41 bits per heavy atom. The fraction of sp³-hybridized carbons (Fsp3) is 0.250. The second-order valence-electron chi connectivity index (χ2n) is 8.68. The van der Waals surface area contributed by atoms with Gasteiger partial charge in [-0.1, -0.05) is 32.0 Å². The zero-order valence-electron chi connectivity index (χ0n) is 21.1. The minimum Gasteiger partial charge on any atom is -0.457 e. The van der Waals surface area contributed by atoms with E-state index in [9.17, 15) is 10.1 Å². The summed E-state index contributed by atoms with van der Waals surface area (Å²) >= 11 is 0. The van der Waals surface area contributed by atoms with E-state index in [1.807, 2.05) is 75.4 Å². The number of nitrogens with zero attached hydrogens (tertiary/aromatic N) is 3. The molecule has 0 aliphatic rings. The summed E-state index contributed by atoms with van der Waals surface area (Å²) in [7, 11) is 0. The number of benzene rings is 2. The van der Waals surface area contributed by atoms with Crippen molar-refractivity contribution in [3.63, 3.8) is 0 Å². The maximum atomic E-state index is 12.7. The summed E-state index contributed by atoms with van der Waals surface area (Å²) in [6.45, 7) is 5.96. The van der Waals surface area contributed by atoms with E-state index < -0.39 is 11.7 Å². The van der Waals surface area contributed by atoms with Gasteiger partial charge in [0, 0.05) is 17.8 Å². The molecule has 190 valence electrons. The first-order valence-electron chi connectivity index (χ1n) is 12.1. The van der Waals surface area contributed by atoms with E-state index in [2.05, 4.69) is 21.8 Å². The molecule has 0 aliphatic carbocycles. The van der Waals surface area contributed by atoms with Crippen LogP contribution >= 0.6 is 0 Å². The normalized spacial score (nSPS) is 11.1. The molecule has 0 unspecified atom stereocenters. The van der Waals surface area contributed by atoms with Crippen LogP contribution in [0.15, 0.2) is 67.0 Å². The van der Waals surface area contributed by atoms with Crippen LogP contribution in [0, 0.1) is 18.3 Å². The van der Waals surface area contributed by atoms with Gasteiger partial charge in [0.05, 0.1) is 34.8 Å². The lowest BCUT2D eigenvalue weighted by Crippen LogP contribution is -2.42. The summed E-state index contributed by atoms with van der Waals surface area (Å²) in [6, 6.07) is 19.1. The number of aromatic nitrogens is 2. The number of anilines is 3. The number of carbonyl (C=O) groups is 1. The summed E-state index contributed by atoms with van der Waals surface area (Å²) < 4.78 is 13.2. The van der Waals surface area contributed by atoms with Crippen molar-refractivity contribution in [1.82, 2.24) is 9.61 Å². The van der Waals surface area contributed by atoms with Crippen LogP contribution in [0.25, 0.3) is 5.52 Å². The van der Waals surface area contributed by atoms with Gasteiger partial charge in [-0.15, -0.1) is 0 Å².